The summed E-state index contributed by atoms with van der Waals surface area (Å²) in [6.45, 7) is 2.34. The third kappa shape index (κ3) is 2.30. The highest BCUT2D eigenvalue weighted by molar-refractivity contribution is 5.16. The molecule has 1 fully saturated rings. The van der Waals surface area contributed by atoms with E-state index in [0.717, 1.165) is 25.1 Å². The Bertz CT molecular complexity index is 316. The fourth-order valence-electron chi connectivity index (χ4n) is 1.85. The van der Waals surface area contributed by atoms with E-state index in [0.29, 0.717) is 6.54 Å². The van der Waals surface area contributed by atoms with Crippen molar-refractivity contribution in [3.8, 4) is 0 Å². The first-order valence-corrected chi connectivity index (χ1v) is 4.89. The van der Waals surface area contributed by atoms with E-state index < -0.39 is 0 Å². The lowest BCUT2D eigenvalue weighted by molar-refractivity contribution is 0.175. The van der Waals surface area contributed by atoms with Crippen molar-refractivity contribution in [3.05, 3.63) is 35.6 Å². The smallest absolute Gasteiger partial charge is 0.123 e. The molecule has 1 unspecified atom stereocenters. The number of likely N-dealkylation sites (tertiary alicyclic amines) is 1. The second-order valence-corrected chi connectivity index (χ2v) is 3.81. The molecule has 1 aromatic carbocycles. The number of hydrogen-bond acceptors (Lipinski definition) is 2. The summed E-state index contributed by atoms with van der Waals surface area (Å²) in [5.41, 5.74) is 0.971. The molecule has 1 atom stereocenters. The zero-order chi connectivity index (χ0) is 9.97. The Morgan fingerprint density at radius 2 is 2.36 bits per heavy atom. The van der Waals surface area contributed by atoms with Crippen LogP contribution in [0.1, 0.15) is 12.0 Å². The number of halogens is 1. The summed E-state index contributed by atoms with van der Waals surface area (Å²) in [5, 5.41) is 9.32. The van der Waals surface area contributed by atoms with Crippen molar-refractivity contribution in [2.75, 3.05) is 13.1 Å². The van der Waals surface area contributed by atoms with Gasteiger partial charge in [0.25, 0.3) is 0 Å². The van der Waals surface area contributed by atoms with Crippen LogP contribution in [0.5, 0.6) is 0 Å². The highest BCUT2D eigenvalue weighted by Crippen LogP contribution is 2.13. The third-order valence-electron chi connectivity index (χ3n) is 2.54. The van der Waals surface area contributed by atoms with Crippen molar-refractivity contribution < 1.29 is 9.50 Å². The van der Waals surface area contributed by atoms with E-state index in [1.54, 1.807) is 12.1 Å². The summed E-state index contributed by atoms with van der Waals surface area (Å²) < 4.78 is 12.8. The lowest BCUT2D eigenvalue weighted by atomic mass is 10.2. The quantitative estimate of drug-likeness (QED) is 0.771. The molecule has 3 heteroatoms. The molecule has 76 valence electrons. The lowest BCUT2D eigenvalue weighted by Crippen LogP contribution is -2.21. The SMILES string of the molecule is OC1CCN(Cc2cccc(F)c2)C1. The van der Waals surface area contributed by atoms with Gasteiger partial charge >= 0.3 is 0 Å². The molecule has 1 saturated heterocycles. The van der Waals surface area contributed by atoms with Crippen molar-refractivity contribution in [2.45, 2.75) is 19.1 Å². The van der Waals surface area contributed by atoms with Crippen LogP contribution in [0, 0.1) is 5.82 Å². The van der Waals surface area contributed by atoms with Gasteiger partial charge in [-0.15, -0.1) is 0 Å². The van der Waals surface area contributed by atoms with Gasteiger partial charge in [-0.2, -0.15) is 0 Å². The molecule has 1 aliphatic heterocycles. The molecule has 1 N–H and O–H groups in total. The minimum absolute atomic E-state index is 0.192. The Hall–Kier alpha value is -0.930. The molecule has 0 spiro atoms. The summed E-state index contributed by atoms with van der Waals surface area (Å²) in [6, 6.07) is 6.62. The minimum atomic E-state index is -0.205. The van der Waals surface area contributed by atoms with E-state index in [2.05, 4.69) is 4.90 Å². The van der Waals surface area contributed by atoms with E-state index >= 15 is 0 Å². The van der Waals surface area contributed by atoms with Gasteiger partial charge < -0.3 is 5.11 Å². The summed E-state index contributed by atoms with van der Waals surface area (Å²) >= 11 is 0. The molecule has 2 rings (SSSR count). The van der Waals surface area contributed by atoms with Gasteiger partial charge in [-0.05, 0) is 24.1 Å². The van der Waals surface area contributed by atoms with Crippen LogP contribution >= 0.6 is 0 Å². The minimum Gasteiger partial charge on any atom is -0.392 e. The summed E-state index contributed by atoms with van der Waals surface area (Å²) in [7, 11) is 0. The van der Waals surface area contributed by atoms with Crippen molar-refractivity contribution in [2.24, 2.45) is 0 Å². The standard InChI is InChI=1S/C11H14FNO/c12-10-3-1-2-9(6-10)7-13-5-4-11(14)8-13/h1-3,6,11,14H,4-5,7-8H2. The summed E-state index contributed by atoms with van der Waals surface area (Å²) in [6.07, 6.45) is 0.624. The van der Waals surface area contributed by atoms with Crippen LogP contribution in [-0.4, -0.2) is 29.2 Å². The Morgan fingerprint density at radius 3 is 3.00 bits per heavy atom. The average molecular weight is 195 g/mol. The highest BCUT2D eigenvalue weighted by Gasteiger charge is 2.19. The first kappa shape index (κ1) is 9.62. The van der Waals surface area contributed by atoms with Gasteiger partial charge in [-0.25, -0.2) is 4.39 Å². The first-order valence-electron chi connectivity index (χ1n) is 4.89. The van der Waals surface area contributed by atoms with Gasteiger partial charge in [-0.1, -0.05) is 12.1 Å². The normalized spacial score (nSPS) is 22.9. The second-order valence-electron chi connectivity index (χ2n) is 3.81. The maximum absolute atomic E-state index is 12.8. The number of nitrogens with zero attached hydrogens (tertiary/aromatic N) is 1. The van der Waals surface area contributed by atoms with Gasteiger partial charge in [0.05, 0.1) is 6.10 Å². The molecule has 1 aliphatic rings. The second kappa shape index (κ2) is 4.07. The molecule has 0 aromatic heterocycles. The van der Waals surface area contributed by atoms with Crippen molar-refractivity contribution in [1.82, 2.24) is 4.90 Å². The number of benzene rings is 1. The maximum Gasteiger partial charge on any atom is 0.123 e. The van der Waals surface area contributed by atoms with Crippen LogP contribution in [0.25, 0.3) is 0 Å². The first-order chi connectivity index (χ1) is 6.74. The maximum atomic E-state index is 12.8. The molecular weight excluding hydrogens is 181 g/mol. The van der Waals surface area contributed by atoms with Gasteiger partial charge in [0, 0.05) is 19.6 Å². The van der Waals surface area contributed by atoms with Crippen LogP contribution in [-0.2, 0) is 6.54 Å². The number of rotatable bonds is 2. The zero-order valence-electron chi connectivity index (χ0n) is 7.99. The van der Waals surface area contributed by atoms with Gasteiger partial charge in [0.1, 0.15) is 5.82 Å². The fraction of sp³-hybridized carbons (Fsp3) is 0.455. The van der Waals surface area contributed by atoms with Crippen LogP contribution in [0.4, 0.5) is 4.39 Å². The van der Waals surface area contributed by atoms with E-state index in [-0.39, 0.29) is 11.9 Å². The van der Waals surface area contributed by atoms with E-state index in [1.165, 1.54) is 6.07 Å². The molecule has 14 heavy (non-hydrogen) atoms. The molecule has 0 saturated carbocycles. The molecule has 0 bridgehead atoms. The van der Waals surface area contributed by atoms with Crippen LogP contribution in [0.15, 0.2) is 24.3 Å². The molecule has 2 nitrogen and oxygen atoms in total. The van der Waals surface area contributed by atoms with Crippen molar-refractivity contribution in [3.63, 3.8) is 0 Å². The van der Waals surface area contributed by atoms with Crippen LogP contribution in [0.2, 0.25) is 0 Å². The predicted molar refractivity (Wildman–Crippen MR) is 52.3 cm³/mol. The van der Waals surface area contributed by atoms with E-state index in [4.69, 9.17) is 0 Å². The number of aliphatic hydroxyl groups is 1. The molecule has 0 aliphatic carbocycles. The molecule has 1 aromatic rings. The van der Waals surface area contributed by atoms with Crippen LogP contribution in [0.3, 0.4) is 0 Å². The fourth-order valence-corrected chi connectivity index (χ4v) is 1.85. The molecule has 1 heterocycles. The zero-order valence-corrected chi connectivity index (χ0v) is 7.99. The largest absolute Gasteiger partial charge is 0.392 e. The Kier molecular flexibility index (Phi) is 2.79. The third-order valence-corrected chi connectivity index (χ3v) is 2.54. The van der Waals surface area contributed by atoms with Gasteiger partial charge in [0.15, 0.2) is 0 Å². The number of aliphatic hydroxyl groups excluding tert-OH is 1. The average Bonchev–Trinajstić information content (AvgIpc) is 2.51. The van der Waals surface area contributed by atoms with Gasteiger partial charge in [0.2, 0.25) is 0 Å². The Labute approximate surface area is 83.0 Å². The van der Waals surface area contributed by atoms with Gasteiger partial charge in [-0.3, -0.25) is 4.90 Å². The van der Waals surface area contributed by atoms with Crippen molar-refractivity contribution in [1.29, 1.82) is 0 Å². The lowest BCUT2D eigenvalue weighted by Gasteiger charge is -2.14. The molecule has 0 amide bonds. The number of hydrogen-bond donors (Lipinski definition) is 1. The Balaban J connectivity index is 1.97. The molecule has 0 radical (unpaired) electrons. The molecular formula is C11H14FNO. The van der Waals surface area contributed by atoms with E-state index in [1.807, 2.05) is 6.07 Å². The summed E-state index contributed by atoms with van der Waals surface area (Å²) in [4.78, 5) is 2.14. The number of β-amino-alcohol motifs (C(OH)–C–C–N with tert-alkyl or cyclic N) is 1. The summed E-state index contributed by atoms with van der Waals surface area (Å²) in [5.74, 6) is -0.192. The van der Waals surface area contributed by atoms with Crippen LogP contribution < -0.4 is 0 Å². The highest BCUT2D eigenvalue weighted by atomic mass is 19.1. The topological polar surface area (TPSA) is 23.5 Å². The Morgan fingerprint density at radius 1 is 1.50 bits per heavy atom. The van der Waals surface area contributed by atoms with E-state index in [9.17, 15) is 9.50 Å². The van der Waals surface area contributed by atoms with Crippen molar-refractivity contribution >= 4 is 0 Å². The predicted octanol–water partition coefficient (Wildman–Crippen LogP) is 1.39. The monoisotopic (exact) mass is 195 g/mol.